The van der Waals surface area contributed by atoms with Gasteiger partial charge in [-0.3, -0.25) is 24.2 Å². The molecule has 0 radical (unpaired) electrons. The number of esters is 1. The Labute approximate surface area is 350 Å². The Hall–Kier alpha value is -3.54. The van der Waals surface area contributed by atoms with Crippen LogP contribution in [0.4, 0.5) is 4.79 Å². The van der Waals surface area contributed by atoms with E-state index < -0.39 is 65.7 Å². The summed E-state index contributed by atoms with van der Waals surface area (Å²) in [7, 11) is 5.40. The van der Waals surface area contributed by atoms with E-state index in [1.165, 1.54) is 0 Å². The molecule has 3 aliphatic rings. The van der Waals surface area contributed by atoms with Gasteiger partial charge in [0.15, 0.2) is 17.7 Å². The van der Waals surface area contributed by atoms with E-state index in [0.29, 0.717) is 51.0 Å². The van der Waals surface area contributed by atoms with Gasteiger partial charge in [-0.2, -0.15) is 0 Å². The van der Waals surface area contributed by atoms with E-state index in [0.717, 1.165) is 18.5 Å². The van der Waals surface area contributed by atoms with Crippen molar-refractivity contribution in [3.05, 3.63) is 30.6 Å². The second-order valence-electron chi connectivity index (χ2n) is 17.7. The molecule has 1 amide bonds. The summed E-state index contributed by atoms with van der Waals surface area (Å²) in [5, 5.41) is 23.7. The lowest BCUT2D eigenvalue weighted by Crippen LogP contribution is -2.61. The van der Waals surface area contributed by atoms with Crippen LogP contribution >= 0.6 is 0 Å². The molecule has 5 heterocycles. The fourth-order valence-corrected chi connectivity index (χ4v) is 9.43. The maximum atomic E-state index is 14.4. The lowest BCUT2D eigenvalue weighted by molar-refractivity contribution is -0.295. The standard InChI is InChI=1S/C43H69N7O9/c1-12-34-43(8)37(50(41(54)59-43)21-17-13-16-20-49-25-32(46-47-49)31-18-14-15-19-44-31)30(6)45-24-26(2)23-42(7,55-11)38(28(4)35(51)29(5)39(53)57-34)58-40-36(52)33(48(9)10)22-27(3)56-40/h14-15,18-19,25-30,33-34,36-38,40,45,52H,12-13,16-17,20-24H2,1-11H3/t26-,27-,28+,29-,30-,33?,34-,36?,37-,38-,40+,42-,43-/m1/s1. The van der Waals surface area contributed by atoms with E-state index in [2.05, 4.69) is 27.5 Å². The first-order chi connectivity index (χ1) is 27.9. The van der Waals surface area contributed by atoms with Gasteiger partial charge in [0.2, 0.25) is 0 Å². The predicted molar refractivity (Wildman–Crippen MR) is 220 cm³/mol. The molecule has 3 saturated heterocycles. The van der Waals surface area contributed by atoms with Crippen molar-refractivity contribution >= 4 is 17.8 Å². The van der Waals surface area contributed by atoms with Crippen LogP contribution in [0.15, 0.2) is 30.6 Å². The quantitative estimate of drug-likeness (QED) is 0.174. The van der Waals surface area contributed by atoms with Crippen molar-refractivity contribution in [2.75, 3.05) is 34.3 Å². The van der Waals surface area contributed by atoms with Gasteiger partial charge >= 0.3 is 12.1 Å². The largest absolute Gasteiger partial charge is 0.458 e. The number of hydrogen-bond acceptors (Lipinski definition) is 14. The van der Waals surface area contributed by atoms with E-state index in [-0.39, 0.29) is 29.9 Å². The van der Waals surface area contributed by atoms with Crippen molar-refractivity contribution in [2.24, 2.45) is 17.8 Å². The second-order valence-corrected chi connectivity index (χ2v) is 17.7. The average Bonchev–Trinajstić information content (AvgIpc) is 3.79. The third-order valence-corrected chi connectivity index (χ3v) is 12.8. The molecule has 0 bridgehead atoms. The van der Waals surface area contributed by atoms with Crippen molar-refractivity contribution < 1.29 is 43.2 Å². The molecule has 330 valence electrons. The van der Waals surface area contributed by atoms with Crippen LogP contribution in [0.1, 0.15) is 93.9 Å². The van der Waals surface area contributed by atoms with Crippen molar-refractivity contribution in [3.63, 3.8) is 0 Å². The number of Topliss-reactive ketones (excluding diaryl/α,β-unsaturated/α-hetero) is 1. The number of fused-ring (bicyclic) bond motifs is 1. The molecule has 16 nitrogen and oxygen atoms in total. The van der Waals surface area contributed by atoms with Crippen molar-refractivity contribution in [2.45, 2.75) is 160 Å². The number of unbranched alkanes of at least 4 members (excludes halogenated alkanes) is 2. The highest BCUT2D eigenvalue weighted by atomic mass is 16.7. The number of likely N-dealkylation sites (N-methyl/N-ethyl adjacent to an activating group) is 1. The van der Waals surface area contributed by atoms with Gasteiger partial charge < -0.3 is 39.0 Å². The zero-order valence-electron chi connectivity index (χ0n) is 37.0. The number of aliphatic hydroxyl groups is 1. The van der Waals surface area contributed by atoms with Crippen LogP contribution < -0.4 is 5.32 Å². The number of cyclic esters (lactones) is 1. The molecule has 2 aromatic rings. The third-order valence-electron chi connectivity index (χ3n) is 12.8. The number of aliphatic hydroxyl groups excluding tert-OH is 1. The van der Waals surface area contributed by atoms with Gasteiger partial charge in [0, 0.05) is 44.4 Å². The number of nitrogens with one attached hydrogen (secondary N) is 1. The Kier molecular flexibility index (Phi) is 15.7. The number of aromatic nitrogens is 4. The molecule has 3 fully saturated rings. The number of aryl methyl sites for hydroxylation is 1. The number of hydrogen-bond donors (Lipinski definition) is 2. The van der Waals surface area contributed by atoms with E-state index in [9.17, 15) is 19.5 Å². The summed E-state index contributed by atoms with van der Waals surface area (Å²) in [6, 6.07) is 4.67. The molecule has 3 aliphatic heterocycles. The Balaban J connectivity index is 1.35. The molecule has 0 saturated carbocycles. The minimum Gasteiger partial charge on any atom is -0.458 e. The van der Waals surface area contributed by atoms with Gasteiger partial charge in [0.25, 0.3) is 0 Å². The molecular formula is C43H69N7O9. The maximum absolute atomic E-state index is 14.4. The molecule has 59 heavy (non-hydrogen) atoms. The van der Waals surface area contributed by atoms with Crippen LogP contribution in [0.3, 0.4) is 0 Å². The topological polar surface area (TPSA) is 180 Å². The summed E-state index contributed by atoms with van der Waals surface area (Å²) in [4.78, 5) is 50.2. The maximum Gasteiger partial charge on any atom is 0.410 e. The molecule has 0 spiro atoms. The zero-order chi connectivity index (χ0) is 43.2. The van der Waals surface area contributed by atoms with E-state index >= 15 is 0 Å². The van der Waals surface area contributed by atoms with Crippen molar-refractivity contribution in [1.82, 2.24) is 35.1 Å². The van der Waals surface area contributed by atoms with E-state index in [1.54, 1.807) is 32.1 Å². The molecule has 0 aliphatic carbocycles. The van der Waals surface area contributed by atoms with Gasteiger partial charge in [-0.15, -0.1) is 5.10 Å². The molecule has 13 atom stereocenters. The van der Waals surface area contributed by atoms with Crippen molar-refractivity contribution in [1.29, 1.82) is 0 Å². The number of nitrogens with zero attached hydrogens (tertiary/aromatic N) is 6. The average molecular weight is 828 g/mol. The number of ketones is 1. The van der Waals surface area contributed by atoms with Gasteiger partial charge in [-0.1, -0.05) is 32.1 Å². The first-order valence-corrected chi connectivity index (χ1v) is 21.4. The smallest absolute Gasteiger partial charge is 0.410 e. The Morgan fingerprint density at radius 2 is 1.76 bits per heavy atom. The number of ether oxygens (including phenoxy) is 5. The Morgan fingerprint density at radius 1 is 1.03 bits per heavy atom. The summed E-state index contributed by atoms with van der Waals surface area (Å²) in [5.74, 6) is -3.13. The number of methoxy groups -OCH3 is 1. The van der Waals surface area contributed by atoms with E-state index in [1.807, 2.05) is 82.7 Å². The molecule has 2 unspecified atom stereocenters. The highest BCUT2D eigenvalue weighted by Crippen LogP contribution is 2.40. The van der Waals surface area contributed by atoms with Crippen LogP contribution in [0.25, 0.3) is 11.4 Å². The normalized spacial score (nSPS) is 36.5. The molecule has 2 aromatic heterocycles. The molecular weight excluding hydrogens is 759 g/mol. The number of carbonyl (C=O) groups is 3. The zero-order valence-corrected chi connectivity index (χ0v) is 37.0. The third kappa shape index (κ3) is 10.5. The summed E-state index contributed by atoms with van der Waals surface area (Å²) in [6.45, 7) is 16.6. The lowest BCUT2D eigenvalue weighted by Gasteiger charge is -2.46. The van der Waals surface area contributed by atoms with Crippen LogP contribution in [0.5, 0.6) is 0 Å². The van der Waals surface area contributed by atoms with Crippen LogP contribution in [-0.2, 0) is 39.8 Å². The number of pyridine rings is 1. The minimum absolute atomic E-state index is 0.00319. The number of amides is 1. The van der Waals surface area contributed by atoms with Gasteiger partial charge in [-0.05, 0) is 112 Å². The monoisotopic (exact) mass is 828 g/mol. The fraction of sp³-hybridized carbons (Fsp3) is 0.767. The summed E-state index contributed by atoms with van der Waals surface area (Å²) in [6.07, 6.45) is 3.00. The van der Waals surface area contributed by atoms with Crippen molar-refractivity contribution in [3.8, 4) is 11.4 Å². The summed E-state index contributed by atoms with van der Waals surface area (Å²) >= 11 is 0. The van der Waals surface area contributed by atoms with Gasteiger partial charge in [-0.25, -0.2) is 4.79 Å². The fourth-order valence-electron chi connectivity index (χ4n) is 9.43. The highest BCUT2D eigenvalue weighted by molar-refractivity contribution is 6.00. The first-order valence-electron chi connectivity index (χ1n) is 21.4. The van der Waals surface area contributed by atoms with Crippen LogP contribution in [0.2, 0.25) is 0 Å². The van der Waals surface area contributed by atoms with Crippen LogP contribution in [-0.4, -0.2) is 147 Å². The molecule has 16 heteroatoms. The molecule has 0 aromatic carbocycles. The van der Waals surface area contributed by atoms with Gasteiger partial charge in [0.05, 0.1) is 35.7 Å². The summed E-state index contributed by atoms with van der Waals surface area (Å²) in [5.41, 5.74) is -0.770. The van der Waals surface area contributed by atoms with E-state index in [4.69, 9.17) is 23.7 Å². The molecule has 5 rings (SSSR count). The number of carbonyl (C=O) groups excluding carboxylic acids is 3. The number of rotatable bonds is 12. The highest BCUT2D eigenvalue weighted by Gasteiger charge is 2.58. The lowest BCUT2D eigenvalue weighted by atomic mass is 9.78. The first kappa shape index (κ1) is 46.5. The summed E-state index contributed by atoms with van der Waals surface area (Å²) < 4.78 is 33.3. The second kappa shape index (κ2) is 19.9. The predicted octanol–water partition coefficient (Wildman–Crippen LogP) is 4.49. The Bertz CT molecular complexity index is 1700. The minimum atomic E-state index is -1.21. The Morgan fingerprint density at radius 3 is 2.42 bits per heavy atom. The molecule has 2 N–H and O–H groups in total. The van der Waals surface area contributed by atoms with Crippen LogP contribution in [0, 0.1) is 17.8 Å². The van der Waals surface area contributed by atoms with Gasteiger partial charge in [0.1, 0.15) is 23.8 Å². The SMILES string of the molecule is CC[C@H]1OC(=O)[C@H](C)C(=O)[C@H](C)[C@@H](O[C@@H]2O[C@H](C)CC(N(C)C)C2O)[C@](C)(OC)C[C@@H](C)CN[C@H](C)[C@H]2N(CCCCCn3cc(-c4ccccn4)nn3)C(=O)O[C@]12C.